The predicted octanol–water partition coefficient (Wildman–Crippen LogP) is 2.72. The lowest BCUT2D eigenvalue weighted by Crippen LogP contribution is -2.40. The molecule has 0 aliphatic carbocycles. The first kappa shape index (κ1) is 16.5. The first-order valence-corrected chi connectivity index (χ1v) is 8.56. The van der Waals surface area contributed by atoms with Crippen LogP contribution < -0.4 is 5.32 Å². The van der Waals surface area contributed by atoms with E-state index in [1.807, 2.05) is 24.3 Å². The summed E-state index contributed by atoms with van der Waals surface area (Å²) in [5.41, 5.74) is 2.70. The quantitative estimate of drug-likeness (QED) is 0.766. The molecule has 1 saturated heterocycles. The van der Waals surface area contributed by atoms with E-state index in [-0.39, 0.29) is 17.9 Å². The van der Waals surface area contributed by atoms with Crippen LogP contribution in [-0.4, -0.2) is 35.1 Å². The van der Waals surface area contributed by atoms with Gasteiger partial charge in [-0.05, 0) is 36.2 Å². The molecular formula is C20H19N3O3. The van der Waals surface area contributed by atoms with Gasteiger partial charge in [0, 0.05) is 29.4 Å². The van der Waals surface area contributed by atoms with Crippen LogP contribution >= 0.6 is 0 Å². The van der Waals surface area contributed by atoms with E-state index in [0.717, 1.165) is 12.0 Å². The molecule has 2 aromatic heterocycles. The van der Waals surface area contributed by atoms with Crippen LogP contribution in [0.2, 0.25) is 0 Å². The van der Waals surface area contributed by atoms with Crippen molar-refractivity contribution in [3.63, 3.8) is 0 Å². The maximum absolute atomic E-state index is 12.6. The third-order valence-corrected chi connectivity index (χ3v) is 4.63. The Bertz CT molecular complexity index is 848. The average molecular weight is 349 g/mol. The van der Waals surface area contributed by atoms with Crippen LogP contribution in [0.25, 0.3) is 11.3 Å². The fraction of sp³-hybridized carbons (Fsp3) is 0.250. The fourth-order valence-electron chi connectivity index (χ4n) is 3.18. The predicted molar refractivity (Wildman–Crippen MR) is 95.4 cm³/mol. The molecule has 1 amide bonds. The summed E-state index contributed by atoms with van der Waals surface area (Å²) in [7, 11) is 0. The molecule has 1 fully saturated rings. The van der Waals surface area contributed by atoms with Crippen molar-refractivity contribution in [1.29, 1.82) is 0 Å². The van der Waals surface area contributed by atoms with Gasteiger partial charge in [0.15, 0.2) is 12.2 Å². The molecule has 132 valence electrons. The zero-order valence-electron chi connectivity index (χ0n) is 14.2. The van der Waals surface area contributed by atoms with Crippen molar-refractivity contribution < 1.29 is 13.9 Å². The smallest absolute Gasteiger partial charge is 0.251 e. The van der Waals surface area contributed by atoms with Gasteiger partial charge in [0.25, 0.3) is 5.91 Å². The Morgan fingerprint density at radius 2 is 1.88 bits per heavy atom. The van der Waals surface area contributed by atoms with Gasteiger partial charge in [-0.1, -0.05) is 12.1 Å². The summed E-state index contributed by atoms with van der Waals surface area (Å²) in [6, 6.07) is 11.3. The van der Waals surface area contributed by atoms with Gasteiger partial charge in [-0.3, -0.25) is 9.78 Å². The number of hydrogen-bond donors (Lipinski definition) is 1. The van der Waals surface area contributed by atoms with Crippen molar-refractivity contribution in [1.82, 2.24) is 15.3 Å². The van der Waals surface area contributed by atoms with Crippen LogP contribution in [0.4, 0.5) is 0 Å². The van der Waals surface area contributed by atoms with Gasteiger partial charge in [-0.15, -0.1) is 0 Å². The number of rotatable bonds is 5. The molecule has 0 bridgehead atoms. The molecule has 1 aromatic carbocycles. The van der Waals surface area contributed by atoms with E-state index in [2.05, 4.69) is 15.3 Å². The highest BCUT2D eigenvalue weighted by molar-refractivity contribution is 5.94. The van der Waals surface area contributed by atoms with E-state index >= 15 is 0 Å². The van der Waals surface area contributed by atoms with Crippen molar-refractivity contribution in [2.45, 2.75) is 12.5 Å². The summed E-state index contributed by atoms with van der Waals surface area (Å²) in [6.07, 6.45) is 7.47. The van der Waals surface area contributed by atoms with Gasteiger partial charge in [-0.2, -0.15) is 0 Å². The van der Waals surface area contributed by atoms with Gasteiger partial charge in [-0.25, -0.2) is 4.98 Å². The van der Waals surface area contributed by atoms with Gasteiger partial charge in [0.05, 0.1) is 25.5 Å². The highest BCUT2D eigenvalue weighted by Crippen LogP contribution is 2.21. The zero-order valence-corrected chi connectivity index (χ0v) is 14.2. The number of carbonyl (C=O) groups excluding carboxylic acids is 1. The maximum atomic E-state index is 12.6. The Kier molecular flexibility index (Phi) is 4.75. The minimum atomic E-state index is -0.0932. The van der Waals surface area contributed by atoms with Crippen molar-refractivity contribution in [3.8, 4) is 11.3 Å². The molecule has 0 spiro atoms. The van der Waals surface area contributed by atoms with E-state index in [1.165, 1.54) is 12.0 Å². The van der Waals surface area contributed by atoms with Crippen LogP contribution in [0, 0.1) is 5.92 Å². The highest BCUT2D eigenvalue weighted by Gasteiger charge is 2.29. The van der Waals surface area contributed by atoms with Gasteiger partial charge in [0.1, 0.15) is 0 Å². The number of hydrogen-bond acceptors (Lipinski definition) is 5. The van der Waals surface area contributed by atoms with Crippen LogP contribution in [0.1, 0.15) is 15.9 Å². The fourth-order valence-corrected chi connectivity index (χ4v) is 3.18. The minimum Gasteiger partial charge on any atom is -0.444 e. The molecule has 1 aliphatic rings. The Morgan fingerprint density at radius 3 is 2.62 bits per heavy atom. The van der Waals surface area contributed by atoms with Gasteiger partial charge < -0.3 is 14.5 Å². The maximum Gasteiger partial charge on any atom is 0.251 e. The molecule has 26 heavy (non-hydrogen) atoms. The number of carbonyl (C=O) groups is 1. The summed E-state index contributed by atoms with van der Waals surface area (Å²) in [5, 5.41) is 3.10. The molecule has 4 rings (SSSR count). The molecule has 3 heterocycles. The zero-order chi connectivity index (χ0) is 17.8. The van der Waals surface area contributed by atoms with E-state index < -0.39 is 0 Å². The topological polar surface area (TPSA) is 77.2 Å². The lowest BCUT2D eigenvalue weighted by molar-refractivity contribution is 0.0925. The van der Waals surface area contributed by atoms with E-state index in [4.69, 9.17) is 9.15 Å². The van der Waals surface area contributed by atoms with Crippen LogP contribution in [0.3, 0.4) is 0 Å². The number of aromatic nitrogens is 2. The molecule has 6 nitrogen and oxygen atoms in total. The molecule has 2 atom stereocenters. The van der Waals surface area contributed by atoms with Gasteiger partial charge >= 0.3 is 0 Å². The first-order chi connectivity index (χ1) is 12.8. The molecule has 3 aromatic rings. The third-order valence-electron chi connectivity index (χ3n) is 4.63. The molecule has 6 heteroatoms. The second kappa shape index (κ2) is 7.49. The molecule has 0 radical (unpaired) electrons. The van der Waals surface area contributed by atoms with Crippen molar-refractivity contribution in [2.24, 2.45) is 5.92 Å². The summed E-state index contributed by atoms with van der Waals surface area (Å²) in [5.74, 6) is 0.845. The van der Waals surface area contributed by atoms with E-state index in [9.17, 15) is 4.79 Å². The van der Waals surface area contributed by atoms with Crippen LogP contribution in [0.5, 0.6) is 0 Å². The number of benzene rings is 1. The standard InChI is InChI=1S/C20H19N3O3/c24-20(16-3-1-15(2-4-16)19-10-22-13-26-19)23-18-12-25-11-17(18)9-14-5-7-21-8-6-14/h1-8,10,13,17-18H,9,11-12H2,(H,23,24)/t17-,18-/m1/s1. The van der Waals surface area contributed by atoms with Crippen molar-refractivity contribution in [3.05, 3.63) is 72.5 Å². The van der Waals surface area contributed by atoms with Gasteiger partial charge in [0.2, 0.25) is 0 Å². The second-order valence-corrected chi connectivity index (χ2v) is 6.38. The molecule has 0 saturated carbocycles. The lowest BCUT2D eigenvalue weighted by Gasteiger charge is -2.19. The Hall–Kier alpha value is -2.99. The molecule has 0 unspecified atom stereocenters. The molecule has 1 N–H and O–H groups in total. The lowest BCUT2D eigenvalue weighted by atomic mass is 9.95. The summed E-state index contributed by atoms with van der Waals surface area (Å²) in [4.78, 5) is 20.5. The number of ether oxygens (including phenoxy) is 1. The largest absolute Gasteiger partial charge is 0.444 e. The van der Waals surface area contributed by atoms with Crippen molar-refractivity contribution in [2.75, 3.05) is 13.2 Å². The minimum absolute atomic E-state index is 0.00427. The number of amides is 1. The summed E-state index contributed by atoms with van der Waals surface area (Å²) in [6.45, 7) is 1.19. The normalized spacial score (nSPS) is 19.4. The summed E-state index contributed by atoms with van der Waals surface area (Å²) < 4.78 is 10.9. The number of nitrogens with one attached hydrogen (secondary N) is 1. The Labute approximate surface area is 151 Å². The monoisotopic (exact) mass is 349 g/mol. The summed E-state index contributed by atoms with van der Waals surface area (Å²) >= 11 is 0. The van der Waals surface area contributed by atoms with E-state index in [0.29, 0.717) is 24.5 Å². The van der Waals surface area contributed by atoms with E-state index in [1.54, 1.807) is 30.7 Å². The number of nitrogens with zero attached hydrogens (tertiary/aromatic N) is 2. The number of pyridine rings is 1. The first-order valence-electron chi connectivity index (χ1n) is 8.56. The molecule has 1 aliphatic heterocycles. The van der Waals surface area contributed by atoms with Crippen molar-refractivity contribution >= 4 is 5.91 Å². The SMILES string of the molecule is O=C(N[C@@H]1COC[C@H]1Cc1ccncc1)c1ccc(-c2cnco2)cc1. The Balaban J connectivity index is 1.40. The molecular weight excluding hydrogens is 330 g/mol. The number of oxazole rings is 1. The van der Waals surface area contributed by atoms with Crippen LogP contribution in [-0.2, 0) is 11.2 Å². The Morgan fingerprint density at radius 1 is 1.08 bits per heavy atom. The average Bonchev–Trinajstić information content (AvgIpc) is 3.35. The third kappa shape index (κ3) is 3.65. The second-order valence-electron chi connectivity index (χ2n) is 6.38. The highest BCUT2D eigenvalue weighted by atomic mass is 16.5. The van der Waals surface area contributed by atoms with Crippen LogP contribution in [0.15, 0.2) is 65.8 Å².